The van der Waals surface area contributed by atoms with Gasteiger partial charge in [-0.25, -0.2) is 0 Å². The summed E-state index contributed by atoms with van der Waals surface area (Å²) in [5, 5.41) is 12.5. The lowest BCUT2D eigenvalue weighted by Gasteiger charge is -2.11. The Morgan fingerprint density at radius 3 is 2.65 bits per heavy atom. The third-order valence-electron chi connectivity index (χ3n) is 2.48. The molecule has 0 bridgehead atoms. The summed E-state index contributed by atoms with van der Waals surface area (Å²) in [4.78, 5) is 14.4. The highest BCUT2D eigenvalue weighted by molar-refractivity contribution is 5.92. The number of rotatable bonds is 4. The van der Waals surface area contributed by atoms with Gasteiger partial charge in [-0.2, -0.15) is 0 Å². The molecule has 1 amide bonds. The maximum atomic E-state index is 11.6. The van der Waals surface area contributed by atoms with Gasteiger partial charge in [-0.05, 0) is 17.7 Å². The first-order valence-electron chi connectivity index (χ1n) is 5.42. The van der Waals surface area contributed by atoms with Crippen LogP contribution in [0.4, 0.5) is 0 Å². The average molecular weight is 230 g/mol. The van der Waals surface area contributed by atoms with Crippen LogP contribution in [0.3, 0.4) is 0 Å². The van der Waals surface area contributed by atoms with E-state index < -0.39 is 6.10 Å². The predicted molar refractivity (Wildman–Crippen MR) is 64.5 cm³/mol. The van der Waals surface area contributed by atoms with Crippen LogP contribution in [0.25, 0.3) is 0 Å². The number of benzene rings is 1. The molecule has 0 aliphatic heterocycles. The van der Waals surface area contributed by atoms with Gasteiger partial charge >= 0.3 is 0 Å². The Kier molecular flexibility index (Phi) is 3.57. The Hall–Kier alpha value is -2.07. The maximum Gasteiger partial charge on any atom is 0.267 e. The number of hydrogen-bond acceptors (Lipinski definition) is 2. The summed E-state index contributed by atoms with van der Waals surface area (Å²) in [6, 6.07) is 12.7. The summed E-state index contributed by atoms with van der Waals surface area (Å²) in [6.07, 6.45) is 0.998. The SMILES string of the molecule is O=C(NCC(O)c1ccccc1)c1ccc[nH]1. The van der Waals surface area contributed by atoms with Gasteiger partial charge in [0.1, 0.15) is 5.69 Å². The average Bonchev–Trinajstić information content (AvgIpc) is 2.90. The van der Waals surface area contributed by atoms with Crippen LogP contribution in [0, 0.1) is 0 Å². The third kappa shape index (κ3) is 2.95. The van der Waals surface area contributed by atoms with Crippen LogP contribution in [0.15, 0.2) is 48.7 Å². The quantitative estimate of drug-likeness (QED) is 0.744. The van der Waals surface area contributed by atoms with Gasteiger partial charge in [-0.1, -0.05) is 30.3 Å². The predicted octanol–water partition coefficient (Wildman–Crippen LogP) is 1.48. The lowest BCUT2D eigenvalue weighted by atomic mass is 10.1. The molecule has 0 fully saturated rings. The smallest absolute Gasteiger partial charge is 0.267 e. The van der Waals surface area contributed by atoms with Gasteiger partial charge in [0.05, 0.1) is 6.10 Å². The molecule has 0 aliphatic carbocycles. The number of nitrogens with one attached hydrogen (secondary N) is 2. The monoisotopic (exact) mass is 230 g/mol. The molecule has 0 radical (unpaired) electrons. The minimum absolute atomic E-state index is 0.196. The van der Waals surface area contributed by atoms with Crippen LogP contribution in [-0.4, -0.2) is 22.5 Å². The van der Waals surface area contributed by atoms with Crippen LogP contribution >= 0.6 is 0 Å². The molecule has 17 heavy (non-hydrogen) atoms. The van der Waals surface area contributed by atoms with Gasteiger partial charge in [-0.15, -0.1) is 0 Å². The van der Waals surface area contributed by atoms with Crippen molar-refractivity contribution in [3.63, 3.8) is 0 Å². The van der Waals surface area contributed by atoms with E-state index in [0.29, 0.717) is 5.69 Å². The third-order valence-corrected chi connectivity index (χ3v) is 2.48. The maximum absolute atomic E-state index is 11.6. The zero-order chi connectivity index (χ0) is 12.1. The summed E-state index contributed by atoms with van der Waals surface area (Å²) in [5.41, 5.74) is 1.28. The molecule has 1 aromatic carbocycles. The van der Waals surface area contributed by atoms with Crippen molar-refractivity contribution in [3.05, 3.63) is 59.9 Å². The largest absolute Gasteiger partial charge is 0.387 e. The first kappa shape index (κ1) is 11.4. The Labute approximate surface area is 99.3 Å². The topological polar surface area (TPSA) is 65.1 Å². The molecular formula is C13H14N2O2. The minimum atomic E-state index is -0.685. The van der Waals surface area contributed by atoms with Crippen molar-refractivity contribution in [2.24, 2.45) is 0 Å². The number of amides is 1. The van der Waals surface area contributed by atoms with E-state index in [2.05, 4.69) is 10.3 Å². The number of aromatic amines is 1. The van der Waals surface area contributed by atoms with Crippen molar-refractivity contribution in [1.29, 1.82) is 0 Å². The molecule has 2 aromatic rings. The second-order valence-electron chi connectivity index (χ2n) is 3.72. The van der Waals surface area contributed by atoms with Crippen molar-refractivity contribution in [3.8, 4) is 0 Å². The second-order valence-corrected chi connectivity index (χ2v) is 3.72. The van der Waals surface area contributed by atoms with Gasteiger partial charge in [0.2, 0.25) is 0 Å². The van der Waals surface area contributed by atoms with Crippen molar-refractivity contribution in [2.45, 2.75) is 6.10 Å². The first-order chi connectivity index (χ1) is 8.27. The van der Waals surface area contributed by atoms with Crippen molar-refractivity contribution in [1.82, 2.24) is 10.3 Å². The van der Waals surface area contributed by atoms with Gasteiger partial charge < -0.3 is 15.4 Å². The number of aliphatic hydroxyl groups excluding tert-OH is 1. The molecule has 1 unspecified atom stereocenters. The first-order valence-corrected chi connectivity index (χ1v) is 5.42. The number of H-pyrrole nitrogens is 1. The van der Waals surface area contributed by atoms with Gasteiger partial charge in [0.15, 0.2) is 0 Å². The molecule has 0 saturated heterocycles. The normalized spacial score (nSPS) is 12.1. The number of aliphatic hydroxyl groups is 1. The zero-order valence-corrected chi connectivity index (χ0v) is 9.26. The van der Waals surface area contributed by atoms with E-state index in [1.54, 1.807) is 18.3 Å². The van der Waals surface area contributed by atoms with Crippen molar-refractivity contribution >= 4 is 5.91 Å². The number of aromatic nitrogens is 1. The molecule has 4 nitrogen and oxygen atoms in total. The molecule has 0 spiro atoms. The Bertz CT molecular complexity index is 465. The zero-order valence-electron chi connectivity index (χ0n) is 9.26. The van der Waals surface area contributed by atoms with E-state index in [4.69, 9.17) is 0 Å². The second kappa shape index (κ2) is 5.32. The van der Waals surface area contributed by atoms with E-state index in [-0.39, 0.29) is 12.5 Å². The molecule has 1 atom stereocenters. The highest BCUT2D eigenvalue weighted by atomic mass is 16.3. The van der Waals surface area contributed by atoms with Gasteiger partial charge in [0, 0.05) is 12.7 Å². The number of carbonyl (C=O) groups excluding carboxylic acids is 1. The minimum Gasteiger partial charge on any atom is -0.387 e. The van der Waals surface area contributed by atoms with E-state index >= 15 is 0 Å². The number of hydrogen-bond donors (Lipinski definition) is 3. The summed E-state index contributed by atoms with van der Waals surface area (Å²) < 4.78 is 0. The summed E-state index contributed by atoms with van der Waals surface area (Å²) in [6.45, 7) is 0.196. The van der Waals surface area contributed by atoms with Gasteiger partial charge in [0.25, 0.3) is 5.91 Å². The summed E-state index contributed by atoms with van der Waals surface area (Å²) in [7, 11) is 0. The highest BCUT2D eigenvalue weighted by Crippen LogP contribution is 2.10. The molecule has 0 saturated carbocycles. The highest BCUT2D eigenvalue weighted by Gasteiger charge is 2.10. The van der Waals surface area contributed by atoms with E-state index in [9.17, 15) is 9.90 Å². The summed E-state index contributed by atoms with van der Waals surface area (Å²) in [5.74, 6) is -0.218. The Balaban J connectivity index is 1.89. The molecule has 0 aliphatic rings. The van der Waals surface area contributed by atoms with Crippen LogP contribution < -0.4 is 5.32 Å². The molecule has 1 aromatic heterocycles. The lowest BCUT2D eigenvalue weighted by Crippen LogP contribution is -2.28. The molecule has 88 valence electrons. The molecule has 4 heteroatoms. The fourth-order valence-corrected chi connectivity index (χ4v) is 1.55. The van der Waals surface area contributed by atoms with Crippen LogP contribution in [0.5, 0.6) is 0 Å². The Morgan fingerprint density at radius 2 is 2.00 bits per heavy atom. The molecule has 2 rings (SSSR count). The van der Waals surface area contributed by atoms with Crippen LogP contribution in [0.1, 0.15) is 22.2 Å². The van der Waals surface area contributed by atoms with E-state index in [0.717, 1.165) is 5.56 Å². The van der Waals surface area contributed by atoms with Crippen LogP contribution in [0.2, 0.25) is 0 Å². The molecule has 3 N–H and O–H groups in total. The fraction of sp³-hybridized carbons (Fsp3) is 0.154. The lowest BCUT2D eigenvalue weighted by molar-refractivity contribution is 0.0912. The van der Waals surface area contributed by atoms with E-state index in [1.165, 1.54) is 0 Å². The Morgan fingerprint density at radius 1 is 1.24 bits per heavy atom. The van der Waals surface area contributed by atoms with E-state index in [1.807, 2.05) is 30.3 Å². The summed E-state index contributed by atoms with van der Waals surface area (Å²) >= 11 is 0. The van der Waals surface area contributed by atoms with Gasteiger partial charge in [-0.3, -0.25) is 4.79 Å². The molecule has 1 heterocycles. The number of carbonyl (C=O) groups is 1. The fourth-order valence-electron chi connectivity index (χ4n) is 1.55. The standard InChI is InChI=1S/C13H14N2O2/c16-12(10-5-2-1-3-6-10)9-15-13(17)11-7-4-8-14-11/h1-8,12,14,16H,9H2,(H,15,17). The molecular weight excluding hydrogens is 216 g/mol. The van der Waals surface area contributed by atoms with Crippen molar-refractivity contribution < 1.29 is 9.90 Å². The van der Waals surface area contributed by atoms with Crippen LogP contribution in [-0.2, 0) is 0 Å². The van der Waals surface area contributed by atoms with Crippen molar-refractivity contribution in [2.75, 3.05) is 6.54 Å².